The number of amides is 1. The molecule has 5 N–H and O–H groups in total. The highest BCUT2D eigenvalue weighted by Gasteiger charge is 2.25. The Morgan fingerprint density at radius 3 is 2.71 bits per heavy atom. The van der Waals surface area contributed by atoms with Crippen LogP contribution in [-0.4, -0.2) is 34.5 Å². The summed E-state index contributed by atoms with van der Waals surface area (Å²) in [4.78, 5) is 13.4. The Kier molecular flexibility index (Phi) is 4.38. The minimum Gasteiger partial charge on any atom is -0.397 e. The fourth-order valence-electron chi connectivity index (χ4n) is 2.53. The molecule has 0 radical (unpaired) electrons. The molecule has 0 aliphatic carbocycles. The molecule has 0 spiro atoms. The van der Waals surface area contributed by atoms with E-state index in [0.29, 0.717) is 12.2 Å². The monoisotopic (exact) mass is 312 g/mol. The molecule has 1 aromatic carbocycles. The third kappa shape index (κ3) is 3.27. The number of nitrogen functional groups attached to an aromatic ring is 1. The van der Waals surface area contributed by atoms with E-state index in [1.54, 1.807) is 6.07 Å². The molecule has 0 aromatic heterocycles. The summed E-state index contributed by atoms with van der Waals surface area (Å²) in [5.41, 5.74) is 12.4. The zero-order valence-electron chi connectivity index (χ0n) is 11.9. The number of rotatable bonds is 4. The van der Waals surface area contributed by atoms with Crippen LogP contribution in [0.5, 0.6) is 0 Å². The highest BCUT2D eigenvalue weighted by atomic mass is 32.2. The number of nitrogens with two attached hydrogens (primary N) is 2. The molecule has 7 nitrogen and oxygen atoms in total. The fourth-order valence-corrected chi connectivity index (χ4v) is 3.30. The molecule has 1 amide bonds. The van der Waals surface area contributed by atoms with Gasteiger partial charge in [-0.1, -0.05) is 0 Å². The summed E-state index contributed by atoms with van der Waals surface area (Å²) in [5.74, 6) is -0.508. The number of piperidine rings is 1. The van der Waals surface area contributed by atoms with Crippen LogP contribution < -0.4 is 21.1 Å². The van der Waals surface area contributed by atoms with E-state index in [1.807, 2.05) is 4.90 Å². The van der Waals surface area contributed by atoms with Gasteiger partial charge in [0.25, 0.3) is 0 Å². The summed E-state index contributed by atoms with van der Waals surface area (Å²) in [5, 5.41) is 0. The van der Waals surface area contributed by atoms with Crippen LogP contribution >= 0.6 is 0 Å². The molecule has 21 heavy (non-hydrogen) atoms. The van der Waals surface area contributed by atoms with Gasteiger partial charge >= 0.3 is 0 Å². The summed E-state index contributed by atoms with van der Waals surface area (Å²) in [7, 11) is -2.17. The molecule has 1 fully saturated rings. The number of hydrogen-bond acceptors (Lipinski definition) is 5. The van der Waals surface area contributed by atoms with Crippen molar-refractivity contribution >= 4 is 27.3 Å². The second kappa shape index (κ2) is 5.90. The van der Waals surface area contributed by atoms with Crippen molar-refractivity contribution in [2.45, 2.75) is 17.7 Å². The minimum absolute atomic E-state index is 0.120. The first kappa shape index (κ1) is 15.6. The lowest BCUT2D eigenvalue weighted by Gasteiger charge is -2.33. The number of carbonyl (C=O) groups excluding carboxylic acids is 1. The second-order valence-corrected chi connectivity index (χ2v) is 7.00. The summed E-state index contributed by atoms with van der Waals surface area (Å²) in [6.45, 7) is 1.28. The zero-order valence-corrected chi connectivity index (χ0v) is 12.7. The summed E-state index contributed by atoms with van der Waals surface area (Å²) in [6.07, 6.45) is 1.63. The number of hydrogen-bond donors (Lipinski definition) is 3. The number of anilines is 2. The van der Waals surface area contributed by atoms with Crippen molar-refractivity contribution in [3.05, 3.63) is 18.2 Å². The molecule has 1 heterocycles. The van der Waals surface area contributed by atoms with Crippen LogP contribution in [0.15, 0.2) is 23.1 Å². The van der Waals surface area contributed by atoms with E-state index < -0.39 is 10.0 Å². The lowest BCUT2D eigenvalue weighted by atomic mass is 9.97. The van der Waals surface area contributed by atoms with E-state index in [-0.39, 0.29) is 16.7 Å². The molecular formula is C13H20N4O3S. The molecule has 1 aromatic rings. The number of nitrogens with one attached hydrogen (secondary N) is 1. The maximum atomic E-state index is 11.7. The minimum atomic E-state index is -3.52. The molecule has 1 aliphatic rings. The molecule has 1 saturated heterocycles. The Balaban J connectivity index is 2.27. The normalized spacial score (nSPS) is 19.5. The maximum Gasteiger partial charge on any atom is 0.240 e. The zero-order chi connectivity index (χ0) is 15.6. The molecule has 1 aliphatic heterocycles. The average Bonchev–Trinajstić information content (AvgIpc) is 2.47. The number of carbonyl (C=O) groups is 1. The van der Waals surface area contributed by atoms with Gasteiger partial charge in [0, 0.05) is 13.1 Å². The highest BCUT2D eigenvalue weighted by molar-refractivity contribution is 7.89. The van der Waals surface area contributed by atoms with Crippen molar-refractivity contribution < 1.29 is 13.2 Å². The quantitative estimate of drug-likeness (QED) is 0.670. The SMILES string of the molecule is CNS(=O)(=O)c1ccc(N2CCCC(C(N)=O)C2)c(N)c1. The Morgan fingerprint density at radius 1 is 1.43 bits per heavy atom. The Bertz CT molecular complexity index is 645. The molecule has 1 unspecified atom stereocenters. The Hall–Kier alpha value is -1.80. The van der Waals surface area contributed by atoms with Crippen molar-refractivity contribution in [3.63, 3.8) is 0 Å². The third-order valence-corrected chi connectivity index (χ3v) is 5.15. The first-order chi connectivity index (χ1) is 9.85. The van der Waals surface area contributed by atoms with Crippen LogP contribution in [0.1, 0.15) is 12.8 Å². The van der Waals surface area contributed by atoms with E-state index in [9.17, 15) is 13.2 Å². The van der Waals surface area contributed by atoms with Gasteiger partial charge in [-0.25, -0.2) is 13.1 Å². The molecular weight excluding hydrogens is 292 g/mol. The predicted octanol–water partition coefficient (Wildman–Crippen LogP) is -0.121. The average molecular weight is 312 g/mol. The van der Waals surface area contributed by atoms with Crippen molar-refractivity contribution in [1.82, 2.24) is 4.72 Å². The third-order valence-electron chi connectivity index (χ3n) is 3.74. The molecule has 116 valence electrons. The second-order valence-electron chi connectivity index (χ2n) is 5.12. The smallest absolute Gasteiger partial charge is 0.240 e. The molecule has 0 bridgehead atoms. The van der Waals surface area contributed by atoms with Gasteiger partial charge in [0.15, 0.2) is 0 Å². The van der Waals surface area contributed by atoms with Gasteiger partial charge in [0.2, 0.25) is 15.9 Å². The first-order valence-corrected chi connectivity index (χ1v) is 8.21. The number of benzene rings is 1. The molecule has 2 rings (SSSR count). The first-order valence-electron chi connectivity index (χ1n) is 6.72. The van der Waals surface area contributed by atoms with E-state index in [1.165, 1.54) is 19.2 Å². The van der Waals surface area contributed by atoms with Crippen LogP contribution in [0.25, 0.3) is 0 Å². The molecule has 1 atom stereocenters. The van der Waals surface area contributed by atoms with Gasteiger partial charge in [-0.05, 0) is 38.1 Å². The maximum absolute atomic E-state index is 11.7. The Labute approximate surface area is 124 Å². The van der Waals surface area contributed by atoms with E-state index in [0.717, 1.165) is 25.1 Å². The van der Waals surface area contributed by atoms with Crippen LogP contribution in [0.2, 0.25) is 0 Å². The van der Waals surface area contributed by atoms with Crippen molar-refractivity contribution in [1.29, 1.82) is 0 Å². The summed E-state index contributed by atoms with van der Waals surface area (Å²) < 4.78 is 25.7. The lowest BCUT2D eigenvalue weighted by molar-refractivity contribution is -0.122. The van der Waals surface area contributed by atoms with Crippen LogP contribution in [0.4, 0.5) is 11.4 Å². The van der Waals surface area contributed by atoms with Crippen molar-refractivity contribution in [2.24, 2.45) is 11.7 Å². The number of sulfonamides is 1. The fraction of sp³-hybridized carbons (Fsp3) is 0.462. The van der Waals surface area contributed by atoms with Gasteiger partial charge in [-0.15, -0.1) is 0 Å². The van der Waals surface area contributed by atoms with Crippen molar-refractivity contribution in [2.75, 3.05) is 30.8 Å². The lowest BCUT2D eigenvalue weighted by Crippen LogP contribution is -2.41. The Morgan fingerprint density at radius 2 is 2.14 bits per heavy atom. The van der Waals surface area contributed by atoms with Gasteiger partial charge < -0.3 is 16.4 Å². The highest BCUT2D eigenvalue weighted by Crippen LogP contribution is 2.30. The summed E-state index contributed by atoms with van der Waals surface area (Å²) in [6, 6.07) is 4.60. The van der Waals surface area contributed by atoms with E-state index in [2.05, 4.69) is 4.72 Å². The number of primary amides is 1. The largest absolute Gasteiger partial charge is 0.397 e. The molecule has 8 heteroatoms. The van der Waals surface area contributed by atoms with E-state index in [4.69, 9.17) is 11.5 Å². The van der Waals surface area contributed by atoms with Gasteiger partial charge in [0.05, 0.1) is 22.2 Å². The van der Waals surface area contributed by atoms with Crippen LogP contribution in [0.3, 0.4) is 0 Å². The van der Waals surface area contributed by atoms with Crippen molar-refractivity contribution in [3.8, 4) is 0 Å². The van der Waals surface area contributed by atoms with Crippen LogP contribution in [0, 0.1) is 5.92 Å². The van der Waals surface area contributed by atoms with Gasteiger partial charge in [0.1, 0.15) is 0 Å². The topological polar surface area (TPSA) is 119 Å². The van der Waals surface area contributed by atoms with Gasteiger partial charge in [-0.2, -0.15) is 0 Å². The summed E-state index contributed by atoms with van der Waals surface area (Å²) >= 11 is 0. The predicted molar refractivity (Wildman–Crippen MR) is 81.2 cm³/mol. The number of nitrogens with zero attached hydrogens (tertiary/aromatic N) is 1. The van der Waals surface area contributed by atoms with E-state index >= 15 is 0 Å². The standard InChI is InChI=1S/C13H20N4O3S/c1-16-21(19,20)10-4-5-12(11(14)7-10)17-6-2-3-9(8-17)13(15)18/h4-5,7,9,16H,2-3,6,8,14H2,1H3,(H2,15,18). The van der Waals surface area contributed by atoms with Gasteiger partial charge in [-0.3, -0.25) is 4.79 Å². The molecule has 0 saturated carbocycles. The van der Waals surface area contributed by atoms with Crippen LogP contribution in [-0.2, 0) is 14.8 Å².